The summed E-state index contributed by atoms with van der Waals surface area (Å²) in [6.45, 7) is 0. The predicted molar refractivity (Wildman–Crippen MR) is 419 cm³/mol. The van der Waals surface area contributed by atoms with Crippen LogP contribution in [0, 0.1) is 47.0 Å². The van der Waals surface area contributed by atoms with Crippen LogP contribution in [-0.4, -0.2) is 90.3 Å². The van der Waals surface area contributed by atoms with Gasteiger partial charge in [0, 0.05) is 91.0 Å². The van der Waals surface area contributed by atoms with Gasteiger partial charge in [-0.15, -0.1) is 0 Å². The number of ether oxygens (including phenoxy) is 2. The molecule has 8 aromatic carbocycles. The zero-order valence-electron chi connectivity index (χ0n) is 57.4. The van der Waals surface area contributed by atoms with E-state index in [0.29, 0.717) is 123 Å². The highest BCUT2D eigenvalue weighted by Gasteiger charge is 2.23. The van der Waals surface area contributed by atoms with Gasteiger partial charge in [0.05, 0.1) is 51.8 Å². The van der Waals surface area contributed by atoms with Gasteiger partial charge in [0.2, 0.25) is 11.9 Å². The molecule has 12 aromatic rings. The van der Waals surface area contributed by atoms with E-state index in [1.165, 1.54) is 48.5 Å². The topological polar surface area (TPSA) is 451 Å². The average Bonchev–Trinajstić information content (AvgIpc) is 1.66. The average molecular weight is 1540 g/mol. The molecule has 0 unspecified atom stereocenters. The largest absolute Gasteiger partial charge is 0.497 e. The first kappa shape index (κ1) is 79.0. The van der Waals surface area contributed by atoms with Crippen LogP contribution in [0.3, 0.4) is 0 Å². The zero-order valence-corrected chi connectivity index (χ0v) is 60.6. The van der Waals surface area contributed by atoms with Crippen molar-refractivity contribution in [1.82, 2.24) is 39.1 Å². The van der Waals surface area contributed by atoms with Crippen LogP contribution in [0.15, 0.2) is 213 Å². The lowest BCUT2D eigenvalue weighted by Gasteiger charge is -2.05. The van der Waals surface area contributed by atoms with Crippen LogP contribution in [0.4, 0.5) is 21.5 Å². The minimum atomic E-state index is -0.493. The summed E-state index contributed by atoms with van der Waals surface area (Å²) in [5.41, 5.74) is 31.3. The number of aryl methyl sites for hydroxylation is 4. The third kappa shape index (κ3) is 19.8. The molecule has 4 heterocycles. The van der Waals surface area contributed by atoms with Gasteiger partial charge in [0.1, 0.15) is 17.3 Å². The fourth-order valence-electron chi connectivity index (χ4n) is 11.4. The number of nitrogens with one attached hydrogen (secondary N) is 6. The van der Waals surface area contributed by atoms with Gasteiger partial charge in [0.15, 0.2) is 10.2 Å². The Labute approximate surface area is 633 Å². The Morgan fingerprint density at radius 1 is 0.407 bits per heavy atom. The van der Waals surface area contributed by atoms with Gasteiger partial charge in [-0.2, -0.15) is 18.7 Å². The van der Waals surface area contributed by atoms with Crippen molar-refractivity contribution in [3.05, 3.63) is 326 Å². The van der Waals surface area contributed by atoms with Crippen LogP contribution in [0.1, 0.15) is 44.5 Å². The highest BCUT2D eigenvalue weighted by molar-refractivity contribution is 7.80. The second-order valence-electron chi connectivity index (χ2n) is 23.7. The molecule has 0 fully saturated rings. The van der Waals surface area contributed by atoms with E-state index in [1.807, 2.05) is 84.9 Å². The molecule has 0 saturated heterocycles. The quantitative estimate of drug-likeness (QED) is 0.0105. The van der Waals surface area contributed by atoms with E-state index in [1.54, 1.807) is 74.9 Å². The lowest BCUT2D eigenvalue weighted by molar-refractivity contribution is -0.385. The van der Waals surface area contributed by atoms with Gasteiger partial charge in [-0.3, -0.25) is 80.7 Å². The maximum absolute atomic E-state index is 13.1. The maximum atomic E-state index is 13.1. The van der Waals surface area contributed by atoms with Gasteiger partial charge >= 0.3 is 0 Å². The highest BCUT2D eigenvalue weighted by atomic mass is 35.5. The van der Waals surface area contributed by atoms with Crippen LogP contribution in [0.5, 0.6) is 11.5 Å². The lowest BCUT2D eigenvalue weighted by Crippen LogP contribution is -2.31. The van der Waals surface area contributed by atoms with E-state index >= 15 is 0 Å². The van der Waals surface area contributed by atoms with Crippen molar-refractivity contribution in [2.45, 2.75) is 51.4 Å². The van der Waals surface area contributed by atoms with E-state index in [9.17, 15) is 53.9 Å². The molecule has 12 rings (SSSR count). The molecule has 0 aliphatic rings. The Kier molecular flexibility index (Phi) is 26.3. The summed E-state index contributed by atoms with van der Waals surface area (Å²) in [4.78, 5) is 81.8. The van der Waals surface area contributed by atoms with E-state index in [4.69, 9.17) is 90.9 Å². The number of nitrogens with two attached hydrogens (primary N) is 4. The standard InChI is InChI=1S/C19H18FN3O2S.C19H19N5O4.C18H16ClN5O3.C18H15ClN4O3S/c1-25-15-9-5-13(6-10-15)17-16(18(24)23(22-17)19(21)26)11-4-12-2-7-14(20)8-3-12;1-28-15-4-2-3-12(11-15)5-10-16-17(22-23(18(16)25)19(20)21)13-6-8-14(9-7-13)24(26)27;19-13-3-1-2-11(10-13)4-9-15-16(22-23(17(15)25)18(20)21)12-5-7-14(8-6-12)24(26)27;19-13-3-1-2-11(10-13)4-9-15-16(21-22(17(15)24)18(20)27)12-5-7-14(8-6-12)23(25)26/h2-3,5-10,22H,4,11H2,1H3,(H2,21,26);2-4,6-9,11,22H,5,10H2,1H3,(H3,20,21);1-3,5-8,10,22H,4,9H2,(H3,20,21);1-3,5-8,10,21H,4,9H2,(H2,20,27). The molecule has 554 valence electrons. The minimum Gasteiger partial charge on any atom is -0.497 e. The van der Waals surface area contributed by atoms with Crippen molar-refractivity contribution in [1.29, 1.82) is 10.8 Å². The van der Waals surface area contributed by atoms with E-state index in [2.05, 4.69) is 20.4 Å². The zero-order chi connectivity index (χ0) is 78.0. The van der Waals surface area contributed by atoms with Crippen molar-refractivity contribution in [2.75, 3.05) is 14.2 Å². The lowest BCUT2D eigenvalue weighted by atomic mass is 10.0. The van der Waals surface area contributed by atoms with Crippen LogP contribution >= 0.6 is 47.6 Å². The number of aromatic nitrogens is 8. The number of methoxy groups -OCH3 is 2. The Bertz CT molecular complexity index is 5400. The highest BCUT2D eigenvalue weighted by Crippen LogP contribution is 2.29. The molecule has 0 spiro atoms. The molecule has 108 heavy (non-hydrogen) atoms. The maximum Gasteiger partial charge on any atom is 0.277 e. The number of nitro benzene ring substituents is 3. The molecular weight excluding hydrogens is 1470 g/mol. The number of hydrogen-bond acceptors (Lipinski definition) is 16. The summed E-state index contributed by atoms with van der Waals surface area (Å²) in [5.74, 6) is 0.296. The van der Waals surface area contributed by atoms with Crippen molar-refractivity contribution in [3.63, 3.8) is 0 Å². The molecule has 0 atom stereocenters. The number of nitrogens with zero attached hydrogens (tertiary/aromatic N) is 7. The number of H-pyrrole nitrogens is 4. The van der Waals surface area contributed by atoms with Crippen LogP contribution in [0.2, 0.25) is 10.0 Å². The summed E-state index contributed by atoms with van der Waals surface area (Å²) in [6.07, 6.45) is 4.00. The summed E-state index contributed by atoms with van der Waals surface area (Å²) >= 11 is 21.9. The van der Waals surface area contributed by atoms with Gasteiger partial charge in [-0.1, -0.05) is 71.7 Å². The van der Waals surface area contributed by atoms with E-state index in [-0.39, 0.29) is 44.2 Å². The van der Waals surface area contributed by atoms with E-state index in [0.717, 1.165) is 58.0 Å². The van der Waals surface area contributed by atoms with Crippen LogP contribution < -0.4 is 54.6 Å². The first-order chi connectivity index (χ1) is 51.6. The van der Waals surface area contributed by atoms with Gasteiger partial charge in [-0.05, 0) is 207 Å². The van der Waals surface area contributed by atoms with Crippen molar-refractivity contribution in [2.24, 2.45) is 22.9 Å². The number of nitro groups is 3. The number of benzene rings is 8. The minimum absolute atomic E-state index is 0.0321. The van der Waals surface area contributed by atoms with Crippen molar-refractivity contribution >= 4 is 86.8 Å². The third-order valence-electron chi connectivity index (χ3n) is 16.8. The predicted octanol–water partition coefficient (Wildman–Crippen LogP) is 11.4. The summed E-state index contributed by atoms with van der Waals surface area (Å²) < 4.78 is 27.6. The first-order valence-electron chi connectivity index (χ1n) is 32.5. The molecule has 0 aliphatic heterocycles. The van der Waals surface area contributed by atoms with Crippen molar-refractivity contribution < 1.29 is 28.6 Å². The number of hydrogen-bond donors (Lipinski definition) is 10. The molecule has 0 bridgehead atoms. The smallest absolute Gasteiger partial charge is 0.277 e. The third-order valence-corrected chi connectivity index (χ3v) is 17.7. The van der Waals surface area contributed by atoms with Crippen LogP contribution in [-0.2, 0) is 51.4 Å². The Balaban J connectivity index is 0.000000166. The fraction of sp³-hybridized carbons (Fsp3) is 0.135. The van der Waals surface area contributed by atoms with Gasteiger partial charge in [-0.25, -0.2) is 4.39 Å². The Morgan fingerprint density at radius 3 is 0.991 bits per heavy atom. The number of halogens is 3. The number of thiocarbonyl (C=S) groups is 2. The summed E-state index contributed by atoms with van der Waals surface area (Å²) in [7, 11) is 3.18. The molecule has 14 N–H and O–H groups in total. The number of rotatable bonds is 21. The van der Waals surface area contributed by atoms with Gasteiger partial charge in [0.25, 0.3) is 39.3 Å². The van der Waals surface area contributed by atoms with Crippen molar-refractivity contribution in [3.8, 4) is 56.5 Å². The molecule has 29 nitrogen and oxygen atoms in total. The normalized spacial score (nSPS) is 10.7. The molecule has 0 saturated carbocycles. The first-order valence-corrected chi connectivity index (χ1v) is 34.1. The molecule has 0 amide bonds. The molecular formula is C74H68Cl2FN17O12S2. The molecule has 0 radical (unpaired) electrons. The van der Waals surface area contributed by atoms with Crippen LogP contribution in [0.25, 0.3) is 45.0 Å². The second-order valence-corrected chi connectivity index (χ2v) is 25.5. The molecule has 0 aliphatic carbocycles. The van der Waals surface area contributed by atoms with E-state index < -0.39 is 37.8 Å². The molecule has 4 aromatic heterocycles. The summed E-state index contributed by atoms with van der Waals surface area (Å²) in [6, 6.07) is 53.4. The second kappa shape index (κ2) is 36.0. The Morgan fingerprint density at radius 2 is 0.694 bits per heavy atom. The monoisotopic (exact) mass is 1540 g/mol. The Hall–Kier alpha value is -13.2. The molecule has 34 heteroatoms. The fourth-order valence-corrected chi connectivity index (χ4v) is 12.1. The van der Waals surface area contributed by atoms with Gasteiger partial charge < -0.3 is 32.4 Å². The number of nitrogen functional groups attached to an aromatic ring is 2. The number of non-ortho nitro benzene ring substituents is 3. The summed E-state index contributed by atoms with van der Waals surface area (Å²) in [5, 5.41) is 60.3. The number of aromatic amines is 4. The SMILES string of the molecule is COc1ccc(-c2[nH]n(C(N)=S)c(=O)c2CCc2ccc(F)cc2)cc1.COc1cccc(CCc2c(-c3ccc([N+](=O)[O-])cc3)[nH]n(C(=N)N)c2=O)c1.N=C(N)n1[nH]c(-c2ccc([N+](=O)[O-])cc2)c(CCc2cccc(Cl)c2)c1=O.NC(=S)n1[nH]c(-c2ccc([N+](=O)[O-])cc2)c(CCc2cccc(Cl)c2)c1=O.